The minimum absolute atomic E-state index is 0.152. The van der Waals surface area contributed by atoms with Crippen molar-refractivity contribution in [3.63, 3.8) is 0 Å². The first-order valence-corrected chi connectivity index (χ1v) is 15.7. The first-order valence-electron chi connectivity index (χ1n) is 14.9. The number of rotatable bonds is 10. The summed E-state index contributed by atoms with van der Waals surface area (Å²) in [6, 6.07) is 17.1. The smallest absolute Gasteiger partial charge is 0.320 e. The number of thiazole rings is 1. The predicted octanol–water partition coefficient (Wildman–Crippen LogP) is 6.33. The van der Waals surface area contributed by atoms with Gasteiger partial charge in [-0.05, 0) is 80.3 Å². The molecule has 212 valence electrons. The van der Waals surface area contributed by atoms with E-state index < -0.39 is 12.0 Å². The molecule has 1 aliphatic carbocycles. The molecule has 0 bridgehead atoms. The highest BCUT2D eigenvalue weighted by atomic mass is 32.1. The molecule has 6 rings (SSSR count). The fourth-order valence-electron chi connectivity index (χ4n) is 6.93. The number of likely N-dealkylation sites (tertiary alicyclic amines) is 2. The van der Waals surface area contributed by atoms with E-state index in [0.717, 1.165) is 70.3 Å². The SMILES string of the molecule is Cc1nc(Cc2ccccc2)sc1C1CCN(C[C@H]2CN([C@H](CC3CC3)C(=O)O)C[C@@H]2c2cccc(F)c2)CC1. The first kappa shape index (κ1) is 27.6. The molecule has 5 nitrogen and oxygen atoms in total. The first-order chi connectivity index (χ1) is 19.4. The van der Waals surface area contributed by atoms with Crippen molar-refractivity contribution in [1.29, 1.82) is 0 Å². The van der Waals surface area contributed by atoms with Crippen molar-refractivity contribution in [2.24, 2.45) is 11.8 Å². The van der Waals surface area contributed by atoms with Crippen LogP contribution in [0.25, 0.3) is 0 Å². The van der Waals surface area contributed by atoms with Gasteiger partial charge in [-0.1, -0.05) is 55.3 Å². The standard InChI is InChI=1S/C33H40FN3O2S/c1-22-32(40-31(35-22)17-23-6-3-2-4-7-23)25-12-14-36(15-13-25)19-27-20-37(30(33(38)39)16-24-10-11-24)21-29(27)26-8-5-9-28(34)18-26/h2-9,18,24-25,27,29-30H,10-17,19-21H2,1H3,(H,38,39)/t27-,29+,30+/m0/s1. The zero-order valence-corrected chi connectivity index (χ0v) is 24.2. The van der Waals surface area contributed by atoms with Gasteiger partial charge in [0.15, 0.2) is 0 Å². The monoisotopic (exact) mass is 561 g/mol. The fourth-order valence-corrected chi connectivity index (χ4v) is 8.21. The molecule has 3 aliphatic rings. The second kappa shape index (κ2) is 12.1. The number of carbonyl (C=O) groups is 1. The fraction of sp³-hybridized carbons (Fsp3) is 0.515. The summed E-state index contributed by atoms with van der Waals surface area (Å²) >= 11 is 1.88. The lowest BCUT2D eigenvalue weighted by Crippen LogP contribution is -2.41. The van der Waals surface area contributed by atoms with Gasteiger partial charge >= 0.3 is 5.97 Å². The third-order valence-electron chi connectivity index (χ3n) is 9.25. The highest BCUT2D eigenvalue weighted by Gasteiger charge is 2.42. The summed E-state index contributed by atoms with van der Waals surface area (Å²) in [6.07, 6.45) is 6.17. The summed E-state index contributed by atoms with van der Waals surface area (Å²) in [6.45, 7) is 6.62. The topological polar surface area (TPSA) is 56.7 Å². The van der Waals surface area contributed by atoms with Gasteiger partial charge in [-0.25, -0.2) is 9.37 Å². The van der Waals surface area contributed by atoms with E-state index in [1.54, 1.807) is 12.1 Å². The van der Waals surface area contributed by atoms with Gasteiger partial charge in [0, 0.05) is 36.9 Å². The molecule has 1 saturated carbocycles. The molecule has 40 heavy (non-hydrogen) atoms. The molecule has 0 spiro atoms. The van der Waals surface area contributed by atoms with E-state index in [4.69, 9.17) is 4.98 Å². The number of aliphatic carboxylic acids is 1. The summed E-state index contributed by atoms with van der Waals surface area (Å²) in [7, 11) is 0. The van der Waals surface area contributed by atoms with Gasteiger partial charge in [0.2, 0.25) is 0 Å². The number of hydrogen-bond acceptors (Lipinski definition) is 5. The number of halogens is 1. The van der Waals surface area contributed by atoms with E-state index in [1.807, 2.05) is 17.4 Å². The van der Waals surface area contributed by atoms with Crippen LogP contribution >= 0.6 is 11.3 Å². The third-order valence-corrected chi connectivity index (χ3v) is 10.6. The van der Waals surface area contributed by atoms with Gasteiger partial charge in [0.05, 0.1) is 10.7 Å². The van der Waals surface area contributed by atoms with Crippen LogP contribution in [0.2, 0.25) is 0 Å². The molecule has 2 aliphatic heterocycles. The molecule has 2 saturated heterocycles. The Labute approximate surface area is 241 Å². The Kier molecular flexibility index (Phi) is 8.33. The lowest BCUT2D eigenvalue weighted by molar-refractivity contribution is -0.143. The lowest BCUT2D eigenvalue weighted by Gasteiger charge is -2.34. The highest BCUT2D eigenvalue weighted by molar-refractivity contribution is 7.11. The van der Waals surface area contributed by atoms with Crippen LogP contribution in [0, 0.1) is 24.6 Å². The molecule has 2 aromatic carbocycles. The zero-order valence-electron chi connectivity index (χ0n) is 23.3. The predicted molar refractivity (Wildman–Crippen MR) is 157 cm³/mol. The van der Waals surface area contributed by atoms with Crippen molar-refractivity contribution in [2.45, 2.75) is 63.3 Å². The molecule has 1 aromatic heterocycles. The molecule has 0 unspecified atom stereocenters. The molecule has 3 aromatic rings. The highest BCUT2D eigenvalue weighted by Crippen LogP contribution is 2.40. The Morgan fingerprint density at radius 1 is 1.07 bits per heavy atom. The maximum Gasteiger partial charge on any atom is 0.320 e. The Balaban J connectivity index is 1.11. The number of aryl methyl sites for hydroxylation is 1. The molecule has 1 N–H and O–H groups in total. The van der Waals surface area contributed by atoms with Gasteiger partial charge in [-0.15, -0.1) is 11.3 Å². The number of piperidine rings is 1. The summed E-state index contributed by atoms with van der Waals surface area (Å²) in [4.78, 5) is 23.3. The van der Waals surface area contributed by atoms with Gasteiger partial charge in [-0.2, -0.15) is 0 Å². The van der Waals surface area contributed by atoms with Crippen LogP contribution in [0.5, 0.6) is 0 Å². The van der Waals surface area contributed by atoms with Crippen LogP contribution in [0.1, 0.15) is 70.6 Å². The van der Waals surface area contributed by atoms with Crippen molar-refractivity contribution in [2.75, 3.05) is 32.7 Å². The third kappa shape index (κ3) is 6.48. The lowest BCUT2D eigenvalue weighted by atomic mass is 9.87. The van der Waals surface area contributed by atoms with Crippen LogP contribution in [0.4, 0.5) is 4.39 Å². The quantitative estimate of drug-likeness (QED) is 0.314. The molecule has 3 atom stereocenters. The van der Waals surface area contributed by atoms with E-state index >= 15 is 0 Å². The number of aromatic nitrogens is 1. The van der Waals surface area contributed by atoms with Crippen molar-refractivity contribution in [3.05, 3.63) is 87.1 Å². The second-order valence-corrected chi connectivity index (χ2v) is 13.3. The number of carboxylic acids is 1. The van der Waals surface area contributed by atoms with Crippen LogP contribution < -0.4 is 0 Å². The summed E-state index contributed by atoms with van der Waals surface area (Å²) < 4.78 is 14.2. The Hall–Kier alpha value is -2.61. The second-order valence-electron chi connectivity index (χ2n) is 12.2. The number of carboxylic acid groups (broad SMARTS) is 1. The van der Waals surface area contributed by atoms with Crippen molar-refractivity contribution < 1.29 is 14.3 Å². The van der Waals surface area contributed by atoms with E-state index in [-0.39, 0.29) is 11.7 Å². The van der Waals surface area contributed by atoms with E-state index in [0.29, 0.717) is 24.3 Å². The van der Waals surface area contributed by atoms with Crippen LogP contribution in [-0.2, 0) is 11.2 Å². The van der Waals surface area contributed by atoms with E-state index in [1.165, 1.54) is 27.2 Å². The maximum atomic E-state index is 14.2. The summed E-state index contributed by atoms with van der Waals surface area (Å²) in [5, 5.41) is 11.2. The normalized spacial score (nSPS) is 23.4. The Morgan fingerprint density at radius 3 is 2.55 bits per heavy atom. The van der Waals surface area contributed by atoms with Crippen LogP contribution in [-0.4, -0.2) is 64.6 Å². The molecule has 3 heterocycles. The molecule has 0 radical (unpaired) electrons. The maximum absolute atomic E-state index is 14.2. The minimum Gasteiger partial charge on any atom is -0.480 e. The molecule has 7 heteroatoms. The van der Waals surface area contributed by atoms with Gasteiger partial charge in [-0.3, -0.25) is 9.69 Å². The van der Waals surface area contributed by atoms with Crippen molar-refractivity contribution >= 4 is 17.3 Å². The Bertz CT molecular complexity index is 1300. The molecular formula is C33H40FN3O2S. The Morgan fingerprint density at radius 2 is 1.85 bits per heavy atom. The van der Waals surface area contributed by atoms with Gasteiger partial charge in [0.1, 0.15) is 11.9 Å². The summed E-state index contributed by atoms with van der Waals surface area (Å²) in [5.41, 5.74) is 3.49. The average Bonchev–Trinajstić information content (AvgIpc) is 3.57. The van der Waals surface area contributed by atoms with E-state index in [2.05, 4.69) is 47.1 Å². The largest absolute Gasteiger partial charge is 0.480 e. The number of hydrogen-bond donors (Lipinski definition) is 1. The van der Waals surface area contributed by atoms with Crippen LogP contribution in [0.15, 0.2) is 54.6 Å². The van der Waals surface area contributed by atoms with Crippen molar-refractivity contribution in [3.8, 4) is 0 Å². The van der Waals surface area contributed by atoms with E-state index in [9.17, 15) is 14.3 Å². The summed E-state index contributed by atoms with van der Waals surface area (Å²) in [5.74, 6) is 0.621. The minimum atomic E-state index is -0.710. The molecular weight excluding hydrogens is 521 g/mol. The number of nitrogens with zero attached hydrogens (tertiary/aromatic N) is 3. The van der Waals surface area contributed by atoms with Gasteiger partial charge in [0.25, 0.3) is 0 Å². The average molecular weight is 562 g/mol. The number of benzene rings is 2. The van der Waals surface area contributed by atoms with Gasteiger partial charge < -0.3 is 10.0 Å². The molecule has 0 amide bonds. The van der Waals surface area contributed by atoms with Crippen LogP contribution in [0.3, 0.4) is 0 Å². The molecule has 3 fully saturated rings. The van der Waals surface area contributed by atoms with Crippen molar-refractivity contribution in [1.82, 2.24) is 14.8 Å². The zero-order chi connectivity index (χ0) is 27.6.